The first-order valence-corrected chi connectivity index (χ1v) is 6.18. The van der Waals surface area contributed by atoms with Gasteiger partial charge in [0, 0.05) is 13.0 Å². The number of ether oxygens (including phenoxy) is 1. The molecular weight excluding hydrogens is 260 g/mol. The number of amides is 1. The van der Waals surface area contributed by atoms with Gasteiger partial charge in [-0.15, -0.1) is 0 Å². The molecule has 1 aromatic carbocycles. The minimum Gasteiger partial charge on any atom is -0.495 e. The standard InChI is InChI=1S/C13H16N4O3/c1-19-11-5-3-2-4-10(11)17-12(18)8-14-7-6-13-15-9-16-20-13/h2-5,9,14H,6-8H2,1H3,(H,17,18). The van der Waals surface area contributed by atoms with E-state index in [9.17, 15) is 4.79 Å². The molecule has 0 fully saturated rings. The van der Waals surface area contributed by atoms with E-state index in [1.807, 2.05) is 12.1 Å². The number of methoxy groups -OCH3 is 1. The van der Waals surface area contributed by atoms with Crippen LogP contribution in [0.25, 0.3) is 0 Å². The van der Waals surface area contributed by atoms with Crippen molar-refractivity contribution in [2.45, 2.75) is 6.42 Å². The molecule has 0 atom stereocenters. The van der Waals surface area contributed by atoms with Crippen molar-refractivity contribution < 1.29 is 14.1 Å². The molecule has 7 heteroatoms. The van der Waals surface area contributed by atoms with E-state index in [1.165, 1.54) is 6.33 Å². The predicted molar refractivity (Wildman–Crippen MR) is 72.5 cm³/mol. The van der Waals surface area contributed by atoms with E-state index in [1.54, 1.807) is 19.2 Å². The number of hydrogen-bond acceptors (Lipinski definition) is 6. The number of anilines is 1. The van der Waals surface area contributed by atoms with Crippen molar-refractivity contribution in [1.29, 1.82) is 0 Å². The lowest BCUT2D eigenvalue weighted by Gasteiger charge is -2.09. The summed E-state index contributed by atoms with van der Waals surface area (Å²) in [5.41, 5.74) is 0.652. The molecule has 106 valence electrons. The van der Waals surface area contributed by atoms with E-state index >= 15 is 0 Å². The minimum absolute atomic E-state index is 0.139. The number of carbonyl (C=O) groups is 1. The van der Waals surface area contributed by atoms with Crippen LogP contribution < -0.4 is 15.4 Å². The van der Waals surface area contributed by atoms with Crippen molar-refractivity contribution in [3.8, 4) is 5.75 Å². The van der Waals surface area contributed by atoms with E-state index < -0.39 is 0 Å². The average molecular weight is 276 g/mol. The van der Waals surface area contributed by atoms with Crippen molar-refractivity contribution in [2.24, 2.45) is 0 Å². The molecule has 1 aromatic heterocycles. The summed E-state index contributed by atoms with van der Waals surface area (Å²) in [6.07, 6.45) is 1.94. The topological polar surface area (TPSA) is 89.3 Å². The van der Waals surface area contributed by atoms with Crippen LogP contribution in [0.2, 0.25) is 0 Å². The Balaban J connectivity index is 1.72. The summed E-state index contributed by atoms with van der Waals surface area (Å²) in [7, 11) is 1.56. The fourth-order valence-corrected chi connectivity index (χ4v) is 1.65. The summed E-state index contributed by atoms with van der Waals surface area (Å²) in [6, 6.07) is 7.26. The number of para-hydroxylation sites is 2. The fraction of sp³-hybridized carbons (Fsp3) is 0.308. The molecule has 7 nitrogen and oxygen atoms in total. The number of hydrogen-bond donors (Lipinski definition) is 2. The van der Waals surface area contributed by atoms with Crippen LogP contribution in [0.3, 0.4) is 0 Å². The van der Waals surface area contributed by atoms with Crippen molar-refractivity contribution >= 4 is 11.6 Å². The van der Waals surface area contributed by atoms with Gasteiger partial charge >= 0.3 is 0 Å². The highest BCUT2D eigenvalue weighted by Crippen LogP contribution is 2.22. The second-order valence-electron chi connectivity index (χ2n) is 4.01. The maximum atomic E-state index is 11.8. The molecule has 0 aliphatic carbocycles. The molecule has 0 saturated heterocycles. The van der Waals surface area contributed by atoms with Gasteiger partial charge in [0.25, 0.3) is 0 Å². The molecule has 20 heavy (non-hydrogen) atoms. The van der Waals surface area contributed by atoms with Gasteiger partial charge in [0.1, 0.15) is 5.75 Å². The third kappa shape index (κ3) is 4.06. The molecule has 0 aliphatic rings. The summed E-state index contributed by atoms with van der Waals surface area (Å²) in [6.45, 7) is 0.785. The number of rotatable bonds is 7. The quantitative estimate of drug-likeness (QED) is 0.729. The van der Waals surface area contributed by atoms with Gasteiger partial charge in [-0.3, -0.25) is 4.79 Å². The molecular formula is C13H16N4O3. The minimum atomic E-state index is -0.139. The van der Waals surface area contributed by atoms with E-state index in [-0.39, 0.29) is 12.5 Å². The van der Waals surface area contributed by atoms with Gasteiger partial charge < -0.3 is 19.9 Å². The van der Waals surface area contributed by atoms with Gasteiger partial charge in [0.15, 0.2) is 6.33 Å². The van der Waals surface area contributed by atoms with Crippen LogP contribution in [-0.2, 0) is 11.2 Å². The van der Waals surface area contributed by atoms with Crippen LogP contribution in [0.1, 0.15) is 5.89 Å². The number of nitrogens with zero attached hydrogens (tertiary/aromatic N) is 2. The highest BCUT2D eigenvalue weighted by Gasteiger charge is 2.06. The molecule has 2 rings (SSSR count). The number of carbonyl (C=O) groups excluding carboxylic acids is 1. The number of benzene rings is 1. The van der Waals surface area contributed by atoms with Gasteiger partial charge in [-0.2, -0.15) is 4.98 Å². The molecule has 1 heterocycles. The maximum Gasteiger partial charge on any atom is 0.238 e. The summed E-state index contributed by atoms with van der Waals surface area (Å²) < 4.78 is 10.0. The van der Waals surface area contributed by atoms with E-state index in [0.29, 0.717) is 30.3 Å². The molecule has 0 aliphatic heterocycles. The third-order valence-electron chi connectivity index (χ3n) is 2.59. The first-order valence-electron chi connectivity index (χ1n) is 6.18. The Morgan fingerprint density at radius 2 is 2.25 bits per heavy atom. The highest BCUT2D eigenvalue weighted by atomic mass is 16.5. The Bertz CT molecular complexity index is 542. The summed E-state index contributed by atoms with van der Waals surface area (Å²) in [4.78, 5) is 15.6. The Morgan fingerprint density at radius 1 is 1.40 bits per heavy atom. The summed E-state index contributed by atoms with van der Waals surface area (Å²) >= 11 is 0. The molecule has 0 spiro atoms. The summed E-state index contributed by atoms with van der Waals surface area (Å²) in [5, 5.41) is 9.28. The Hall–Kier alpha value is -2.41. The van der Waals surface area contributed by atoms with Crippen LogP contribution in [0.15, 0.2) is 35.1 Å². The molecule has 2 aromatic rings. The van der Waals surface area contributed by atoms with Crippen LogP contribution in [-0.4, -0.2) is 36.2 Å². The Labute approximate surface area is 116 Å². The van der Waals surface area contributed by atoms with Crippen LogP contribution in [0.5, 0.6) is 5.75 Å². The zero-order valence-electron chi connectivity index (χ0n) is 11.1. The average Bonchev–Trinajstić information content (AvgIpc) is 2.97. The van der Waals surface area contributed by atoms with E-state index in [0.717, 1.165) is 0 Å². The van der Waals surface area contributed by atoms with Crippen molar-refractivity contribution in [3.63, 3.8) is 0 Å². The molecule has 0 saturated carbocycles. The fourth-order valence-electron chi connectivity index (χ4n) is 1.65. The monoisotopic (exact) mass is 276 g/mol. The third-order valence-corrected chi connectivity index (χ3v) is 2.59. The van der Waals surface area contributed by atoms with E-state index in [4.69, 9.17) is 9.26 Å². The molecule has 2 N–H and O–H groups in total. The first-order chi connectivity index (χ1) is 9.79. The molecule has 0 bridgehead atoms. The Morgan fingerprint density at radius 3 is 3.00 bits per heavy atom. The van der Waals surface area contributed by atoms with Crippen LogP contribution in [0.4, 0.5) is 5.69 Å². The van der Waals surface area contributed by atoms with Gasteiger partial charge in [-0.1, -0.05) is 17.3 Å². The highest BCUT2D eigenvalue weighted by molar-refractivity contribution is 5.93. The SMILES string of the molecule is COc1ccccc1NC(=O)CNCCc1ncno1. The van der Waals surface area contributed by atoms with Gasteiger partial charge in [0.05, 0.1) is 19.3 Å². The number of aromatic nitrogens is 2. The Kier molecular flexibility index (Phi) is 5.08. The zero-order valence-corrected chi connectivity index (χ0v) is 11.1. The lowest BCUT2D eigenvalue weighted by atomic mass is 10.3. The predicted octanol–water partition coefficient (Wildman–Crippen LogP) is 0.849. The maximum absolute atomic E-state index is 11.8. The molecule has 1 amide bonds. The lowest BCUT2D eigenvalue weighted by Crippen LogP contribution is -2.29. The van der Waals surface area contributed by atoms with Gasteiger partial charge in [0.2, 0.25) is 11.8 Å². The van der Waals surface area contributed by atoms with Crippen molar-refractivity contribution in [3.05, 3.63) is 36.5 Å². The smallest absolute Gasteiger partial charge is 0.238 e. The largest absolute Gasteiger partial charge is 0.495 e. The van der Waals surface area contributed by atoms with Crippen molar-refractivity contribution in [2.75, 3.05) is 25.5 Å². The second kappa shape index (κ2) is 7.25. The molecule has 0 radical (unpaired) electrons. The van der Waals surface area contributed by atoms with E-state index in [2.05, 4.69) is 20.8 Å². The number of nitrogens with one attached hydrogen (secondary N) is 2. The first kappa shape index (κ1) is 14.0. The summed E-state index contributed by atoms with van der Waals surface area (Å²) in [5.74, 6) is 1.04. The zero-order chi connectivity index (χ0) is 14.2. The van der Waals surface area contributed by atoms with Gasteiger partial charge in [-0.25, -0.2) is 0 Å². The van der Waals surface area contributed by atoms with Crippen LogP contribution in [0, 0.1) is 0 Å². The molecule has 0 unspecified atom stereocenters. The van der Waals surface area contributed by atoms with Crippen LogP contribution >= 0.6 is 0 Å². The van der Waals surface area contributed by atoms with Crippen molar-refractivity contribution in [1.82, 2.24) is 15.5 Å². The lowest BCUT2D eigenvalue weighted by molar-refractivity contribution is -0.115. The normalized spacial score (nSPS) is 10.2. The second-order valence-corrected chi connectivity index (χ2v) is 4.01. The van der Waals surface area contributed by atoms with Gasteiger partial charge in [-0.05, 0) is 12.1 Å².